The number of aromatic nitrogens is 3. The fraction of sp³-hybridized carbons (Fsp3) is 0.316. The Hall–Kier alpha value is -2.69. The van der Waals surface area contributed by atoms with Gasteiger partial charge in [0.05, 0.1) is 18.7 Å². The Morgan fingerprint density at radius 1 is 1.21 bits per heavy atom. The minimum Gasteiger partial charge on any atom is -0.494 e. The highest BCUT2D eigenvalue weighted by atomic mass is 16.5. The maximum absolute atomic E-state index is 12.0. The lowest BCUT2D eigenvalue weighted by Gasteiger charge is -2.06. The lowest BCUT2D eigenvalue weighted by Crippen LogP contribution is -2.06. The second-order valence-corrected chi connectivity index (χ2v) is 6.08. The molecule has 3 aromatic rings. The predicted octanol–water partition coefficient (Wildman–Crippen LogP) is 3.32. The van der Waals surface area contributed by atoms with E-state index in [2.05, 4.69) is 10.1 Å². The van der Waals surface area contributed by atoms with E-state index in [9.17, 15) is 4.79 Å². The molecule has 122 valence electrons. The number of carbonyl (C=O) groups is 1. The third kappa shape index (κ3) is 2.89. The molecule has 1 aliphatic rings. The topological polar surface area (TPSA) is 56.5 Å². The number of pyridine rings is 1. The fourth-order valence-corrected chi connectivity index (χ4v) is 2.84. The van der Waals surface area contributed by atoms with Crippen molar-refractivity contribution in [3.05, 3.63) is 48.3 Å². The number of rotatable bonds is 6. The van der Waals surface area contributed by atoms with Crippen LogP contribution < -0.4 is 4.74 Å². The average Bonchev–Trinajstić information content (AvgIpc) is 3.36. The van der Waals surface area contributed by atoms with Crippen LogP contribution in [0.1, 0.15) is 25.6 Å². The summed E-state index contributed by atoms with van der Waals surface area (Å²) in [6.45, 7) is 2.62. The first-order valence-corrected chi connectivity index (χ1v) is 8.35. The third-order valence-corrected chi connectivity index (χ3v) is 4.23. The summed E-state index contributed by atoms with van der Waals surface area (Å²) in [6.07, 6.45) is 2.36. The van der Waals surface area contributed by atoms with Gasteiger partial charge in [-0.15, -0.1) is 0 Å². The van der Waals surface area contributed by atoms with E-state index < -0.39 is 0 Å². The number of ketones is 1. The summed E-state index contributed by atoms with van der Waals surface area (Å²) in [5, 5.41) is 4.55. The van der Waals surface area contributed by atoms with Crippen LogP contribution in [0.25, 0.3) is 16.9 Å². The second kappa shape index (κ2) is 6.07. The van der Waals surface area contributed by atoms with Gasteiger partial charge < -0.3 is 4.74 Å². The molecule has 1 aromatic carbocycles. The highest BCUT2D eigenvalue weighted by Gasteiger charge is 2.30. The standard InChI is InChI=1S/C19H19N3O2/c1-2-24-15-10-8-13(9-11-15)16-4-3-5-19-20-18(21-22(16)19)12-17(23)14-6-7-14/h3-5,8-11,14H,2,6-7,12H2,1H3. The van der Waals surface area contributed by atoms with Gasteiger partial charge in [0.2, 0.25) is 0 Å². The Labute approximate surface area is 140 Å². The molecule has 0 radical (unpaired) electrons. The van der Waals surface area contributed by atoms with Crippen LogP contribution in [0.3, 0.4) is 0 Å². The zero-order valence-corrected chi connectivity index (χ0v) is 13.6. The summed E-state index contributed by atoms with van der Waals surface area (Å²) < 4.78 is 7.30. The molecule has 5 heteroatoms. The number of benzene rings is 1. The lowest BCUT2D eigenvalue weighted by molar-refractivity contribution is -0.119. The van der Waals surface area contributed by atoms with Gasteiger partial charge in [0.15, 0.2) is 11.5 Å². The molecule has 24 heavy (non-hydrogen) atoms. The van der Waals surface area contributed by atoms with Crippen LogP contribution in [0.15, 0.2) is 42.5 Å². The first kappa shape index (κ1) is 14.9. The van der Waals surface area contributed by atoms with Crippen molar-refractivity contribution in [1.82, 2.24) is 14.6 Å². The molecule has 0 N–H and O–H groups in total. The van der Waals surface area contributed by atoms with Crippen LogP contribution in [0, 0.1) is 5.92 Å². The van der Waals surface area contributed by atoms with Crippen molar-refractivity contribution < 1.29 is 9.53 Å². The molecule has 0 amide bonds. The van der Waals surface area contributed by atoms with Gasteiger partial charge in [0.1, 0.15) is 11.5 Å². The van der Waals surface area contributed by atoms with Crippen LogP contribution in [0.2, 0.25) is 0 Å². The maximum Gasteiger partial charge on any atom is 0.159 e. The van der Waals surface area contributed by atoms with Crippen molar-refractivity contribution in [3.8, 4) is 17.0 Å². The van der Waals surface area contributed by atoms with E-state index in [0.29, 0.717) is 18.9 Å². The third-order valence-electron chi connectivity index (χ3n) is 4.23. The van der Waals surface area contributed by atoms with Gasteiger partial charge in [0.25, 0.3) is 0 Å². The van der Waals surface area contributed by atoms with E-state index in [1.807, 2.05) is 53.9 Å². The summed E-state index contributed by atoms with van der Waals surface area (Å²) >= 11 is 0. The van der Waals surface area contributed by atoms with E-state index in [4.69, 9.17) is 4.74 Å². The highest BCUT2D eigenvalue weighted by molar-refractivity contribution is 5.84. The molecule has 2 aromatic heterocycles. The number of fused-ring (bicyclic) bond motifs is 1. The van der Waals surface area contributed by atoms with Crippen LogP contribution in [0.5, 0.6) is 5.75 Å². The van der Waals surface area contributed by atoms with Gasteiger partial charge in [-0.1, -0.05) is 6.07 Å². The Morgan fingerprint density at radius 3 is 2.71 bits per heavy atom. The van der Waals surface area contributed by atoms with Crippen LogP contribution in [-0.2, 0) is 11.2 Å². The van der Waals surface area contributed by atoms with Gasteiger partial charge in [0, 0.05) is 11.5 Å². The molecule has 0 aliphatic heterocycles. The summed E-state index contributed by atoms with van der Waals surface area (Å²) in [7, 11) is 0. The Balaban J connectivity index is 1.67. The monoisotopic (exact) mass is 321 g/mol. The lowest BCUT2D eigenvalue weighted by atomic mass is 10.1. The molecule has 0 bridgehead atoms. The maximum atomic E-state index is 12.0. The SMILES string of the molecule is CCOc1ccc(-c2cccc3nc(CC(=O)C4CC4)nn23)cc1. The van der Waals surface area contributed by atoms with E-state index in [1.54, 1.807) is 0 Å². The van der Waals surface area contributed by atoms with Gasteiger partial charge in [-0.25, -0.2) is 9.50 Å². The van der Waals surface area contributed by atoms with E-state index in [1.165, 1.54) is 0 Å². The van der Waals surface area contributed by atoms with Crippen LogP contribution in [-0.4, -0.2) is 27.0 Å². The molecular weight excluding hydrogens is 302 g/mol. The quantitative estimate of drug-likeness (QED) is 0.699. The number of carbonyl (C=O) groups excluding carboxylic acids is 1. The number of hydrogen-bond acceptors (Lipinski definition) is 4. The van der Waals surface area contributed by atoms with E-state index in [-0.39, 0.29) is 11.7 Å². The largest absolute Gasteiger partial charge is 0.494 e. The summed E-state index contributed by atoms with van der Waals surface area (Å²) in [4.78, 5) is 16.5. The van der Waals surface area contributed by atoms with E-state index >= 15 is 0 Å². The van der Waals surface area contributed by atoms with Crippen molar-refractivity contribution in [2.45, 2.75) is 26.2 Å². The number of Topliss-reactive ketones (excluding diaryl/α,β-unsaturated/α-hetero) is 1. The Kier molecular flexibility index (Phi) is 3.76. The second-order valence-electron chi connectivity index (χ2n) is 6.08. The molecule has 0 saturated heterocycles. The fourth-order valence-electron chi connectivity index (χ4n) is 2.84. The highest BCUT2D eigenvalue weighted by Crippen LogP contribution is 2.30. The Morgan fingerprint density at radius 2 is 2.00 bits per heavy atom. The summed E-state index contributed by atoms with van der Waals surface area (Å²) in [5.74, 6) is 1.95. The minimum atomic E-state index is 0.238. The van der Waals surface area contributed by atoms with Crippen molar-refractivity contribution in [1.29, 1.82) is 0 Å². The molecule has 2 heterocycles. The molecule has 4 rings (SSSR count). The van der Waals surface area contributed by atoms with Crippen molar-refractivity contribution in [3.63, 3.8) is 0 Å². The van der Waals surface area contributed by atoms with Crippen molar-refractivity contribution in [2.75, 3.05) is 6.61 Å². The minimum absolute atomic E-state index is 0.238. The molecule has 1 fully saturated rings. The molecular formula is C19H19N3O2. The molecule has 0 unspecified atom stereocenters. The number of hydrogen-bond donors (Lipinski definition) is 0. The van der Waals surface area contributed by atoms with Gasteiger partial charge >= 0.3 is 0 Å². The van der Waals surface area contributed by atoms with Crippen molar-refractivity contribution >= 4 is 11.4 Å². The van der Waals surface area contributed by atoms with Crippen LogP contribution in [0.4, 0.5) is 0 Å². The number of nitrogens with zero attached hydrogens (tertiary/aromatic N) is 3. The molecule has 1 aliphatic carbocycles. The smallest absolute Gasteiger partial charge is 0.159 e. The van der Waals surface area contributed by atoms with Crippen molar-refractivity contribution in [2.24, 2.45) is 5.92 Å². The zero-order valence-electron chi connectivity index (χ0n) is 13.6. The van der Waals surface area contributed by atoms with E-state index in [0.717, 1.165) is 35.5 Å². The van der Waals surface area contributed by atoms with Crippen LogP contribution >= 0.6 is 0 Å². The molecule has 0 spiro atoms. The predicted molar refractivity (Wildman–Crippen MR) is 91.0 cm³/mol. The zero-order chi connectivity index (χ0) is 16.5. The number of ether oxygens (including phenoxy) is 1. The molecule has 0 atom stereocenters. The van der Waals surface area contributed by atoms with Gasteiger partial charge in [-0.2, -0.15) is 5.10 Å². The summed E-state index contributed by atoms with van der Waals surface area (Å²) in [5.41, 5.74) is 2.75. The molecule has 5 nitrogen and oxygen atoms in total. The first-order valence-electron chi connectivity index (χ1n) is 8.35. The molecule has 1 saturated carbocycles. The van der Waals surface area contributed by atoms with Gasteiger partial charge in [-0.05, 0) is 56.2 Å². The summed E-state index contributed by atoms with van der Waals surface area (Å²) in [6, 6.07) is 13.8. The average molecular weight is 321 g/mol. The normalized spacial score (nSPS) is 14.0. The van der Waals surface area contributed by atoms with Gasteiger partial charge in [-0.3, -0.25) is 4.79 Å². The first-order chi connectivity index (χ1) is 11.7. The Bertz CT molecular complexity index is 879.